The number of hydrogen-bond acceptors (Lipinski definition) is 2. The first-order chi connectivity index (χ1) is 7.77. The molecule has 0 radical (unpaired) electrons. The Labute approximate surface area is 106 Å². The molecule has 1 fully saturated rings. The van der Waals surface area contributed by atoms with Crippen LogP contribution in [-0.4, -0.2) is 19.6 Å². The van der Waals surface area contributed by atoms with Gasteiger partial charge in [-0.15, -0.1) is 0 Å². The standard InChI is InChI=1S/C12H16Cl2N2/c13-9-3-4-10(11(14)7-9)12-8-15-5-1-2-6-16-12/h3-4,7,12,15-16H,1-2,5-6,8H2. The van der Waals surface area contributed by atoms with E-state index in [9.17, 15) is 0 Å². The number of rotatable bonds is 1. The Kier molecular flexibility index (Phi) is 4.47. The molecule has 0 aromatic heterocycles. The van der Waals surface area contributed by atoms with E-state index in [2.05, 4.69) is 10.6 Å². The molecular formula is C12H16Cl2N2. The number of hydrogen-bond donors (Lipinski definition) is 2. The van der Waals surface area contributed by atoms with Crippen LogP contribution in [0, 0.1) is 0 Å². The summed E-state index contributed by atoms with van der Waals surface area (Å²) in [4.78, 5) is 0. The molecule has 1 aromatic rings. The Morgan fingerprint density at radius 2 is 1.94 bits per heavy atom. The molecule has 1 unspecified atom stereocenters. The lowest BCUT2D eigenvalue weighted by Gasteiger charge is -2.23. The molecule has 2 N–H and O–H groups in total. The molecule has 1 aromatic carbocycles. The summed E-state index contributed by atoms with van der Waals surface area (Å²) in [5.74, 6) is 0. The van der Waals surface area contributed by atoms with Crippen LogP contribution in [0.5, 0.6) is 0 Å². The average molecular weight is 259 g/mol. The van der Waals surface area contributed by atoms with Crippen molar-refractivity contribution in [2.75, 3.05) is 19.6 Å². The van der Waals surface area contributed by atoms with Crippen molar-refractivity contribution in [3.8, 4) is 0 Å². The zero-order valence-electron chi connectivity index (χ0n) is 9.10. The van der Waals surface area contributed by atoms with E-state index in [4.69, 9.17) is 23.2 Å². The van der Waals surface area contributed by atoms with Gasteiger partial charge >= 0.3 is 0 Å². The number of halogens is 2. The molecule has 0 spiro atoms. The first kappa shape index (κ1) is 12.2. The van der Waals surface area contributed by atoms with Gasteiger partial charge in [-0.25, -0.2) is 0 Å². The molecule has 1 atom stereocenters. The first-order valence-electron chi connectivity index (χ1n) is 5.66. The molecule has 1 saturated heterocycles. The third-order valence-corrected chi connectivity index (χ3v) is 3.42. The zero-order valence-corrected chi connectivity index (χ0v) is 10.6. The SMILES string of the molecule is Clc1ccc(C2CNCCCCN2)c(Cl)c1. The van der Waals surface area contributed by atoms with Crippen molar-refractivity contribution in [2.45, 2.75) is 18.9 Å². The minimum Gasteiger partial charge on any atom is -0.315 e. The molecule has 88 valence electrons. The van der Waals surface area contributed by atoms with Crippen molar-refractivity contribution in [3.05, 3.63) is 33.8 Å². The fourth-order valence-electron chi connectivity index (χ4n) is 1.97. The van der Waals surface area contributed by atoms with Crippen molar-refractivity contribution in [2.24, 2.45) is 0 Å². The van der Waals surface area contributed by atoms with Crippen LogP contribution in [0.4, 0.5) is 0 Å². The highest BCUT2D eigenvalue weighted by atomic mass is 35.5. The second kappa shape index (κ2) is 5.87. The largest absolute Gasteiger partial charge is 0.315 e. The van der Waals surface area contributed by atoms with Crippen molar-refractivity contribution in [1.29, 1.82) is 0 Å². The fourth-order valence-corrected chi connectivity index (χ4v) is 2.51. The molecule has 1 heterocycles. The lowest BCUT2D eigenvalue weighted by molar-refractivity contribution is 0.442. The summed E-state index contributed by atoms with van der Waals surface area (Å²) in [5, 5.41) is 8.36. The van der Waals surface area contributed by atoms with E-state index >= 15 is 0 Å². The van der Waals surface area contributed by atoms with E-state index in [0.717, 1.165) is 30.2 Å². The normalized spacial score (nSPS) is 22.5. The molecule has 0 aliphatic carbocycles. The zero-order chi connectivity index (χ0) is 11.4. The molecule has 4 heteroatoms. The van der Waals surface area contributed by atoms with E-state index in [1.807, 2.05) is 12.1 Å². The van der Waals surface area contributed by atoms with Gasteiger partial charge in [0.15, 0.2) is 0 Å². The quantitative estimate of drug-likeness (QED) is 0.810. The van der Waals surface area contributed by atoms with Gasteiger partial charge in [0.25, 0.3) is 0 Å². The van der Waals surface area contributed by atoms with Crippen molar-refractivity contribution in [3.63, 3.8) is 0 Å². The summed E-state index contributed by atoms with van der Waals surface area (Å²) in [6, 6.07) is 5.98. The number of benzene rings is 1. The average Bonchev–Trinajstić information content (AvgIpc) is 2.19. The van der Waals surface area contributed by atoms with Crippen LogP contribution >= 0.6 is 23.2 Å². The lowest BCUT2D eigenvalue weighted by atomic mass is 10.1. The summed E-state index contributed by atoms with van der Waals surface area (Å²) >= 11 is 12.1. The van der Waals surface area contributed by atoms with Crippen molar-refractivity contribution < 1.29 is 0 Å². The van der Waals surface area contributed by atoms with Crippen LogP contribution in [0.1, 0.15) is 24.4 Å². The molecule has 2 rings (SSSR count). The predicted molar refractivity (Wildman–Crippen MR) is 69.3 cm³/mol. The Bertz CT molecular complexity index is 347. The summed E-state index contributed by atoms with van der Waals surface area (Å²) in [5.41, 5.74) is 1.13. The Hall–Kier alpha value is -0.280. The van der Waals surface area contributed by atoms with Crippen LogP contribution in [0.2, 0.25) is 10.0 Å². The molecule has 0 amide bonds. The highest BCUT2D eigenvalue weighted by Crippen LogP contribution is 2.26. The molecule has 16 heavy (non-hydrogen) atoms. The van der Waals surface area contributed by atoms with Crippen LogP contribution < -0.4 is 10.6 Å². The van der Waals surface area contributed by atoms with Gasteiger partial charge in [-0.05, 0) is 43.6 Å². The lowest BCUT2D eigenvalue weighted by Crippen LogP contribution is -2.35. The van der Waals surface area contributed by atoms with Crippen LogP contribution in [0.3, 0.4) is 0 Å². The topological polar surface area (TPSA) is 24.1 Å². The second-order valence-electron chi connectivity index (χ2n) is 4.08. The Balaban J connectivity index is 2.14. The Morgan fingerprint density at radius 1 is 1.12 bits per heavy atom. The molecule has 1 aliphatic heterocycles. The smallest absolute Gasteiger partial charge is 0.0469 e. The number of nitrogens with one attached hydrogen (secondary N) is 2. The van der Waals surface area contributed by atoms with Crippen LogP contribution in [0.25, 0.3) is 0 Å². The van der Waals surface area contributed by atoms with E-state index < -0.39 is 0 Å². The van der Waals surface area contributed by atoms with E-state index in [-0.39, 0.29) is 6.04 Å². The van der Waals surface area contributed by atoms with Crippen LogP contribution in [-0.2, 0) is 0 Å². The predicted octanol–water partition coefficient (Wildman–Crippen LogP) is 3.01. The third kappa shape index (κ3) is 3.11. The van der Waals surface area contributed by atoms with Crippen molar-refractivity contribution in [1.82, 2.24) is 10.6 Å². The van der Waals surface area contributed by atoms with Gasteiger partial charge in [-0.3, -0.25) is 0 Å². The molecule has 0 bridgehead atoms. The van der Waals surface area contributed by atoms with Gasteiger partial charge in [0.2, 0.25) is 0 Å². The minimum atomic E-state index is 0.282. The highest BCUT2D eigenvalue weighted by Gasteiger charge is 2.15. The molecule has 0 saturated carbocycles. The van der Waals surface area contributed by atoms with E-state index in [1.165, 1.54) is 12.8 Å². The van der Waals surface area contributed by atoms with Gasteiger partial charge < -0.3 is 10.6 Å². The van der Waals surface area contributed by atoms with Gasteiger partial charge in [0, 0.05) is 22.6 Å². The second-order valence-corrected chi connectivity index (χ2v) is 4.93. The highest BCUT2D eigenvalue weighted by molar-refractivity contribution is 6.35. The maximum Gasteiger partial charge on any atom is 0.0469 e. The van der Waals surface area contributed by atoms with E-state index in [0.29, 0.717) is 5.02 Å². The summed E-state index contributed by atoms with van der Waals surface area (Å²) in [6.07, 6.45) is 2.43. The van der Waals surface area contributed by atoms with Gasteiger partial charge in [0.05, 0.1) is 0 Å². The maximum absolute atomic E-state index is 6.20. The first-order valence-corrected chi connectivity index (χ1v) is 6.42. The molecule has 1 aliphatic rings. The fraction of sp³-hybridized carbons (Fsp3) is 0.500. The van der Waals surface area contributed by atoms with Gasteiger partial charge in [0.1, 0.15) is 0 Å². The Morgan fingerprint density at radius 3 is 2.75 bits per heavy atom. The monoisotopic (exact) mass is 258 g/mol. The van der Waals surface area contributed by atoms with Gasteiger partial charge in [-0.1, -0.05) is 29.3 Å². The van der Waals surface area contributed by atoms with Gasteiger partial charge in [-0.2, -0.15) is 0 Å². The molecular weight excluding hydrogens is 243 g/mol. The summed E-state index contributed by atoms with van der Waals surface area (Å²) in [6.45, 7) is 3.05. The minimum absolute atomic E-state index is 0.282. The third-order valence-electron chi connectivity index (χ3n) is 2.86. The maximum atomic E-state index is 6.20. The molecule has 2 nitrogen and oxygen atoms in total. The summed E-state index contributed by atoms with van der Waals surface area (Å²) in [7, 11) is 0. The van der Waals surface area contributed by atoms with Crippen molar-refractivity contribution >= 4 is 23.2 Å². The summed E-state index contributed by atoms with van der Waals surface area (Å²) < 4.78 is 0. The van der Waals surface area contributed by atoms with Crippen LogP contribution in [0.15, 0.2) is 18.2 Å². The van der Waals surface area contributed by atoms with E-state index in [1.54, 1.807) is 6.07 Å².